The van der Waals surface area contributed by atoms with Crippen LogP contribution >= 0.6 is 0 Å². The molecular formula is C14H25N3. The van der Waals surface area contributed by atoms with E-state index in [1.165, 1.54) is 5.56 Å². The number of pyridine rings is 1. The van der Waals surface area contributed by atoms with E-state index in [1.807, 2.05) is 6.20 Å². The molecule has 0 saturated carbocycles. The second-order valence-corrected chi connectivity index (χ2v) is 5.43. The highest BCUT2D eigenvalue weighted by atomic mass is 15.2. The van der Waals surface area contributed by atoms with Crippen LogP contribution in [0.25, 0.3) is 0 Å². The second-order valence-electron chi connectivity index (χ2n) is 5.43. The minimum absolute atomic E-state index is 0.174. The van der Waals surface area contributed by atoms with Crippen molar-refractivity contribution in [2.24, 2.45) is 0 Å². The quantitative estimate of drug-likeness (QED) is 0.795. The van der Waals surface area contributed by atoms with Gasteiger partial charge in [-0.1, -0.05) is 33.8 Å². The molecule has 0 bridgehead atoms. The Morgan fingerprint density at radius 3 is 2.47 bits per heavy atom. The number of nitrogens with one attached hydrogen (secondary N) is 1. The SMILES string of the molecule is CCNCCN(C)c1ccc(C(C)(C)C)cn1. The van der Waals surface area contributed by atoms with Crippen molar-refractivity contribution >= 4 is 5.82 Å². The van der Waals surface area contributed by atoms with Gasteiger partial charge in [0.1, 0.15) is 5.82 Å². The zero-order chi connectivity index (χ0) is 12.9. The van der Waals surface area contributed by atoms with Crippen LogP contribution in [0, 0.1) is 0 Å². The van der Waals surface area contributed by atoms with E-state index in [1.54, 1.807) is 0 Å². The maximum absolute atomic E-state index is 4.52. The average Bonchev–Trinajstić information content (AvgIpc) is 2.28. The minimum atomic E-state index is 0.174. The smallest absolute Gasteiger partial charge is 0.128 e. The van der Waals surface area contributed by atoms with Crippen molar-refractivity contribution in [1.82, 2.24) is 10.3 Å². The fraction of sp³-hybridized carbons (Fsp3) is 0.643. The fourth-order valence-corrected chi connectivity index (χ4v) is 1.59. The van der Waals surface area contributed by atoms with Gasteiger partial charge in [0, 0.05) is 26.3 Å². The van der Waals surface area contributed by atoms with Gasteiger partial charge < -0.3 is 10.2 Å². The highest BCUT2D eigenvalue weighted by molar-refractivity contribution is 5.39. The third kappa shape index (κ3) is 4.35. The van der Waals surface area contributed by atoms with E-state index >= 15 is 0 Å². The molecule has 17 heavy (non-hydrogen) atoms. The maximum Gasteiger partial charge on any atom is 0.128 e. The normalized spacial score (nSPS) is 11.6. The molecule has 1 aromatic heterocycles. The topological polar surface area (TPSA) is 28.2 Å². The molecule has 0 spiro atoms. The summed E-state index contributed by atoms with van der Waals surface area (Å²) in [4.78, 5) is 6.70. The molecule has 1 N–H and O–H groups in total. The Morgan fingerprint density at radius 1 is 1.29 bits per heavy atom. The number of aromatic nitrogens is 1. The lowest BCUT2D eigenvalue weighted by molar-refractivity contribution is 0.587. The van der Waals surface area contributed by atoms with E-state index < -0.39 is 0 Å². The van der Waals surface area contributed by atoms with Crippen LogP contribution in [0.2, 0.25) is 0 Å². The highest BCUT2D eigenvalue weighted by Crippen LogP contribution is 2.22. The molecule has 1 rings (SSSR count). The van der Waals surface area contributed by atoms with Crippen molar-refractivity contribution in [1.29, 1.82) is 0 Å². The number of hydrogen-bond donors (Lipinski definition) is 1. The summed E-state index contributed by atoms with van der Waals surface area (Å²) in [5.41, 5.74) is 1.45. The number of anilines is 1. The van der Waals surface area contributed by atoms with E-state index in [4.69, 9.17) is 0 Å². The fourth-order valence-electron chi connectivity index (χ4n) is 1.59. The van der Waals surface area contributed by atoms with Gasteiger partial charge in [-0.2, -0.15) is 0 Å². The Hall–Kier alpha value is -1.09. The molecule has 0 saturated heterocycles. The van der Waals surface area contributed by atoms with E-state index in [9.17, 15) is 0 Å². The molecule has 0 aliphatic rings. The van der Waals surface area contributed by atoms with Crippen molar-refractivity contribution < 1.29 is 0 Å². The first-order valence-electron chi connectivity index (χ1n) is 6.33. The van der Waals surface area contributed by atoms with Gasteiger partial charge in [0.2, 0.25) is 0 Å². The van der Waals surface area contributed by atoms with Crippen LogP contribution in [0.5, 0.6) is 0 Å². The molecule has 0 aliphatic heterocycles. The van der Waals surface area contributed by atoms with Crippen LogP contribution in [-0.2, 0) is 5.41 Å². The highest BCUT2D eigenvalue weighted by Gasteiger charge is 2.14. The molecule has 1 aromatic rings. The van der Waals surface area contributed by atoms with E-state index in [0.29, 0.717) is 0 Å². The van der Waals surface area contributed by atoms with Crippen LogP contribution in [0.4, 0.5) is 5.82 Å². The Bertz CT molecular complexity index is 324. The number of nitrogens with zero attached hydrogens (tertiary/aromatic N) is 2. The number of likely N-dealkylation sites (N-methyl/N-ethyl adjacent to an activating group) is 2. The molecule has 3 heteroatoms. The van der Waals surface area contributed by atoms with Gasteiger partial charge in [0.25, 0.3) is 0 Å². The molecule has 96 valence electrons. The molecule has 0 radical (unpaired) electrons. The molecule has 0 unspecified atom stereocenters. The average molecular weight is 235 g/mol. The third-order valence-corrected chi connectivity index (χ3v) is 2.88. The van der Waals surface area contributed by atoms with Gasteiger partial charge in [-0.3, -0.25) is 0 Å². The van der Waals surface area contributed by atoms with Crippen LogP contribution in [0.1, 0.15) is 33.3 Å². The monoisotopic (exact) mass is 235 g/mol. The van der Waals surface area contributed by atoms with Gasteiger partial charge in [0.15, 0.2) is 0 Å². The van der Waals surface area contributed by atoms with Crippen molar-refractivity contribution in [2.75, 3.05) is 31.6 Å². The van der Waals surface area contributed by atoms with Crippen LogP contribution in [0.15, 0.2) is 18.3 Å². The first kappa shape index (κ1) is 14.0. The van der Waals surface area contributed by atoms with Gasteiger partial charge in [0.05, 0.1) is 0 Å². The first-order valence-corrected chi connectivity index (χ1v) is 6.33. The molecule has 0 amide bonds. The maximum atomic E-state index is 4.52. The summed E-state index contributed by atoms with van der Waals surface area (Å²) in [5.74, 6) is 1.04. The van der Waals surface area contributed by atoms with E-state index in [-0.39, 0.29) is 5.41 Å². The van der Waals surface area contributed by atoms with E-state index in [2.05, 4.69) is 62.1 Å². The van der Waals surface area contributed by atoms with Crippen LogP contribution in [-0.4, -0.2) is 31.7 Å². The second kappa shape index (κ2) is 6.01. The Kier molecular flexibility index (Phi) is 4.94. The summed E-state index contributed by atoms with van der Waals surface area (Å²) in [6, 6.07) is 4.28. The summed E-state index contributed by atoms with van der Waals surface area (Å²) in [5, 5.41) is 3.32. The number of rotatable bonds is 5. The van der Waals surface area contributed by atoms with Crippen LogP contribution in [0.3, 0.4) is 0 Å². The third-order valence-electron chi connectivity index (χ3n) is 2.88. The zero-order valence-electron chi connectivity index (χ0n) is 11.7. The molecule has 1 heterocycles. The summed E-state index contributed by atoms with van der Waals surface area (Å²) < 4.78 is 0. The molecular weight excluding hydrogens is 210 g/mol. The lowest BCUT2D eigenvalue weighted by atomic mass is 9.88. The predicted octanol–water partition coefficient (Wildman–Crippen LogP) is 2.42. The molecule has 0 fully saturated rings. The lowest BCUT2D eigenvalue weighted by Crippen LogP contribution is -2.29. The molecule has 0 atom stereocenters. The van der Waals surface area contributed by atoms with Crippen LogP contribution < -0.4 is 10.2 Å². The Labute approximate surface area is 105 Å². The summed E-state index contributed by atoms with van der Waals surface area (Å²) in [6.07, 6.45) is 1.99. The van der Waals surface area contributed by atoms with Crippen molar-refractivity contribution in [2.45, 2.75) is 33.1 Å². The summed E-state index contributed by atoms with van der Waals surface area (Å²) in [7, 11) is 2.08. The number of hydrogen-bond acceptors (Lipinski definition) is 3. The van der Waals surface area contributed by atoms with Gasteiger partial charge in [-0.15, -0.1) is 0 Å². The Morgan fingerprint density at radius 2 is 2.00 bits per heavy atom. The standard InChI is InChI=1S/C14H25N3/c1-6-15-9-10-17(5)13-8-7-12(11-16-13)14(2,3)4/h7-8,11,15H,6,9-10H2,1-5H3. The Balaban J connectivity index is 2.61. The van der Waals surface area contributed by atoms with Gasteiger partial charge in [-0.05, 0) is 23.6 Å². The molecule has 0 aliphatic carbocycles. The lowest BCUT2D eigenvalue weighted by Gasteiger charge is -2.21. The first-order chi connectivity index (χ1) is 7.95. The van der Waals surface area contributed by atoms with Crippen molar-refractivity contribution in [3.8, 4) is 0 Å². The zero-order valence-corrected chi connectivity index (χ0v) is 11.7. The van der Waals surface area contributed by atoms with Gasteiger partial charge >= 0.3 is 0 Å². The summed E-state index contributed by atoms with van der Waals surface area (Å²) >= 11 is 0. The van der Waals surface area contributed by atoms with E-state index in [0.717, 1.165) is 25.5 Å². The van der Waals surface area contributed by atoms with Crippen molar-refractivity contribution in [3.05, 3.63) is 23.9 Å². The van der Waals surface area contributed by atoms with Gasteiger partial charge in [-0.25, -0.2) is 4.98 Å². The molecule has 3 nitrogen and oxygen atoms in total. The predicted molar refractivity (Wildman–Crippen MR) is 74.8 cm³/mol. The van der Waals surface area contributed by atoms with Crippen molar-refractivity contribution in [3.63, 3.8) is 0 Å². The summed E-state index contributed by atoms with van der Waals surface area (Å²) in [6.45, 7) is 11.7. The minimum Gasteiger partial charge on any atom is -0.358 e. The largest absolute Gasteiger partial charge is 0.358 e. The molecule has 0 aromatic carbocycles.